The van der Waals surface area contributed by atoms with Crippen molar-refractivity contribution in [3.8, 4) is 0 Å². The van der Waals surface area contributed by atoms with Gasteiger partial charge in [-0.3, -0.25) is 9.69 Å². The van der Waals surface area contributed by atoms with E-state index in [9.17, 15) is 9.59 Å². The lowest BCUT2D eigenvalue weighted by atomic mass is 10.1. The molecule has 0 aromatic heterocycles. The highest BCUT2D eigenvalue weighted by Crippen LogP contribution is 2.17. The van der Waals surface area contributed by atoms with E-state index >= 15 is 0 Å². The normalized spacial score (nSPS) is 14.1. The summed E-state index contributed by atoms with van der Waals surface area (Å²) in [6.45, 7) is 3.69. The summed E-state index contributed by atoms with van der Waals surface area (Å²) in [5.74, 6) is -0.140. The molecule has 0 aliphatic carbocycles. The van der Waals surface area contributed by atoms with Crippen molar-refractivity contribution in [2.75, 3.05) is 11.9 Å². The fourth-order valence-electron chi connectivity index (χ4n) is 1.26. The minimum absolute atomic E-state index is 0.140. The first-order chi connectivity index (χ1) is 9.42. The average Bonchev–Trinajstić information content (AvgIpc) is 2.25. The van der Waals surface area contributed by atoms with E-state index in [0.29, 0.717) is 10.5 Å². The monoisotopic (exact) mass is 252 g/mol. The van der Waals surface area contributed by atoms with Gasteiger partial charge in [-0.25, -0.2) is 4.79 Å². The van der Waals surface area contributed by atoms with Gasteiger partial charge >= 0.3 is 6.09 Å². The van der Waals surface area contributed by atoms with Crippen LogP contribution in [0, 0.1) is 0 Å². The van der Waals surface area contributed by atoms with Crippen LogP contribution in [0.25, 0.3) is 0 Å². The Hall–Kier alpha value is -1.84. The highest BCUT2D eigenvalue weighted by molar-refractivity contribution is 5.95. The largest absolute Gasteiger partial charge is 0.443 e. The third-order valence-electron chi connectivity index (χ3n) is 2.11. The summed E-state index contributed by atoms with van der Waals surface area (Å²) < 4.78 is 27.6. The van der Waals surface area contributed by atoms with Crippen molar-refractivity contribution in [1.29, 1.82) is 0 Å². The first-order valence-electron chi connectivity index (χ1n) is 7.06. The van der Waals surface area contributed by atoms with Gasteiger partial charge in [-0.2, -0.15) is 0 Å². The molecule has 0 radical (unpaired) electrons. The fourth-order valence-corrected chi connectivity index (χ4v) is 1.26. The van der Waals surface area contributed by atoms with Gasteiger partial charge in [0.25, 0.3) is 0 Å². The molecule has 98 valence electrons. The Morgan fingerprint density at radius 1 is 1.22 bits per heavy atom. The SMILES string of the molecule is [2H]C([2H])([2H])N(C(=O)OC(C)(C)C)c1ccc(C(C)=O)cc1. The lowest BCUT2D eigenvalue weighted by Crippen LogP contribution is -2.34. The molecule has 1 aromatic carbocycles. The number of ether oxygens (including phenoxy) is 1. The number of hydrogen-bond acceptors (Lipinski definition) is 3. The highest BCUT2D eigenvalue weighted by Gasteiger charge is 2.20. The van der Waals surface area contributed by atoms with Crippen LogP contribution in [0.15, 0.2) is 24.3 Å². The minimum Gasteiger partial charge on any atom is -0.443 e. The molecule has 0 spiro atoms. The van der Waals surface area contributed by atoms with Gasteiger partial charge in [0, 0.05) is 22.3 Å². The lowest BCUT2D eigenvalue weighted by molar-refractivity contribution is 0.0589. The van der Waals surface area contributed by atoms with Crippen molar-refractivity contribution in [3.63, 3.8) is 0 Å². The fraction of sp³-hybridized carbons (Fsp3) is 0.429. The summed E-state index contributed by atoms with van der Waals surface area (Å²) in [5.41, 5.74) is -0.220. The molecule has 0 saturated carbocycles. The smallest absolute Gasteiger partial charge is 0.414 e. The van der Waals surface area contributed by atoms with Crippen LogP contribution in [-0.4, -0.2) is 24.5 Å². The van der Waals surface area contributed by atoms with Crippen molar-refractivity contribution in [2.24, 2.45) is 0 Å². The molecule has 4 heteroatoms. The van der Waals surface area contributed by atoms with Gasteiger partial charge in [0.05, 0.1) is 0 Å². The third kappa shape index (κ3) is 3.87. The van der Waals surface area contributed by atoms with Crippen LogP contribution in [0.3, 0.4) is 0 Å². The maximum Gasteiger partial charge on any atom is 0.414 e. The van der Waals surface area contributed by atoms with E-state index in [4.69, 9.17) is 8.85 Å². The Bertz CT molecular complexity index is 530. The number of anilines is 1. The van der Waals surface area contributed by atoms with Crippen molar-refractivity contribution in [2.45, 2.75) is 33.3 Å². The summed E-state index contributed by atoms with van der Waals surface area (Å²) in [6.07, 6.45) is -0.960. The van der Waals surface area contributed by atoms with Gasteiger partial charge in [-0.1, -0.05) is 0 Å². The number of hydrogen-bond donors (Lipinski definition) is 0. The second-order valence-corrected chi connectivity index (χ2v) is 4.92. The lowest BCUT2D eigenvalue weighted by Gasteiger charge is -2.24. The zero-order valence-electron chi connectivity index (χ0n) is 14.0. The summed E-state index contributed by atoms with van der Waals surface area (Å²) >= 11 is 0. The van der Waals surface area contributed by atoms with Gasteiger partial charge in [0.15, 0.2) is 5.78 Å². The molecule has 0 heterocycles. The molecule has 4 nitrogen and oxygen atoms in total. The first-order valence-corrected chi connectivity index (χ1v) is 5.56. The van der Waals surface area contributed by atoms with E-state index < -0.39 is 18.7 Å². The molecule has 0 unspecified atom stereocenters. The number of nitrogens with zero attached hydrogens (tertiary/aromatic N) is 1. The Labute approximate surface area is 112 Å². The molecule has 1 aromatic rings. The maximum atomic E-state index is 12.1. The Morgan fingerprint density at radius 3 is 2.17 bits per heavy atom. The molecule has 1 amide bonds. The van der Waals surface area contributed by atoms with Crippen molar-refractivity contribution in [3.05, 3.63) is 29.8 Å². The highest BCUT2D eigenvalue weighted by atomic mass is 16.6. The second kappa shape index (κ2) is 5.21. The molecular formula is C14H19NO3. The summed E-state index contributed by atoms with van der Waals surface area (Å²) in [5, 5.41) is 0. The molecule has 0 aliphatic rings. The number of benzene rings is 1. The minimum atomic E-state index is -2.68. The Balaban J connectivity index is 3.15. The van der Waals surface area contributed by atoms with Gasteiger partial charge in [-0.05, 0) is 52.0 Å². The summed E-state index contributed by atoms with van der Waals surface area (Å²) in [6, 6.07) is 5.77. The summed E-state index contributed by atoms with van der Waals surface area (Å²) in [4.78, 5) is 23.9. The van der Waals surface area contributed by atoms with Gasteiger partial charge < -0.3 is 4.74 Å². The van der Waals surface area contributed by atoms with E-state index in [1.807, 2.05) is 0 Å². The van der Waals surface area contributed by atoms with Gasteiger partial charge in [0.2, 0.25) is 0 Å². The Morgan fingerprint density at radius 2 is 1.78 bits per heavy atom. The van der Waals surface area contributed by atoms with Crippen LogP contribution in [0.5, 0.6) is 0 Å². The topological polar surface area (TPSA) is 46.6 Å². The van der Waals surface area contributed by atoms with Crippen molar-refractivity contribution >= 4 is 17.6 Å². The van der Waals surface area contributed by atoms with E-state index in [2.05, 4.69) is 0 Å². The van der Waals surface area contributed by atoms with E-state index in [0.717, 1.165) is 0 Å². The van der Waals surface area contributed by atoms with E-state index in [1.165, 1.54) is 31.2 Å². The van der Waals surface area contributed by atoms with E-state index in [-0.39, 0.29) is 11.5 Å². The van der Waals surface area contributed by atoms with Crippen LogP contribution >= 0.6 is 0 Å². The molecule has 0 bridgehead atoms. The number of carbonyl (C=O) groups is 2. The Kier molecular flexibility index (Phi) is 2.93. The second-order valence-electron chi connectivity index (χ2n) is 4.92. The molecule has 18 heavy (non-hydrogen) atoms. The number of ketones is 1. The molecular weight excluding hydrogens is 230 g/mol. The molecule has 0 aliphatic heterocycles. The number of carbonyl (C=O) groups excluding carboxylic acids is 2. The van der Waals surface area contributed by atoms with Crippen molar-refractivity contribution < 1.29 is 18.4 Å². The first kappa shape index (κ1) is 10.1. The van der Waals surface area contributed by atoms with Crippen LogP contribution in [0.2, 0.25) is 0 Å². The van der Waals surface area contributed by atoms with Crippen LogP contribution < -0.4 is 4.90 Å². The number of amides is 1. The number of rotatable bonds is 2. The van der Waals surface area contributed by atoms with Crippen LogP contribution in [0.4, 0.5) is 10.5 Å². The molecule has 0 fully saturated rings. The third-order valence-corrected chi connectivity index (χ3v) is 2.11. The predicted molar refractivity (Wildman–Crippen MR) is 71.1 cm³/mol. The molecule has 0 saturated heterocycles. The summed E-state index contributed by atoms with van der Waals surface area (Å²) in [7, 11) is 0. The predicted octanol–water partition coefficient (Wildman–Crippen LogP) is 3.26. The number of Topliss-reactive ketones (excluding diaryl/α,β-unsaturated/α-hetero) is 1. The van der Waals surface area contributed by atoms with Crippen molar-refractivity contribution in [1.82, 2.24) is 0 Å². The average molecular weight is 252 g/mol. The van der Waals surface area contributed by atoms with Gasteiger partial charge in [0.1, 0.15) is 5.60 Å². The quantitative estimate of drug-likeness (QED) is 0.759. The zero-order valence-corrected chi connectivity index (χ0v) is 11.0. The van der Waals surface area contributed by atoms with E-state index in [1.54, 1.807) is 20.8 Å². The molecule has 0 N–H and O–H groups in total. The molecule has 0 atom stereocenters. The zero-order chi connectivity index (χ0) is 16.4. The van der Waals surface area contributed by atoms with Gasteiger partial charge in [-0.15, -0.1) is 0 Å². The standard InChI is InChI=1S/C14H19NO3/c1-10(16)11-6-8-12(9-7-11)15(5)13(17)18-14(2,3)4/h6-9H,1-5H3/i5D3. The van der Waals surface area contributed by atoms with Crippen LogP contribution in [0.1, 0.15) is 42.2 Å². The molecule has 1 rings (SSSR count). The maximum absolute atomic E-state index is 12.1. The van der Waals surface area contributed by atoms with Crippen LogP contribution in [-0.2, 0) is 4.74 Å².